The first kappa shape index (κ1) is 26.4. The van der Waals surface area contributed by atoms with E-state index in [0.29, 0.717) is 40.0 Å². The predicted octanol–water partition coefficient (Wildman–Crippen LogP) is 7.39. The number of fused-ring (bicyclic) bond motifs is 1. The van der Waals surface area contributed by atoms with Gasteiger partial charge in [-0.2, -0.15) is 5.26 Å². The van der Waals surface area contributed by atoms with Crippen molar-refractivity contribution in [3.05, 3.63) is 78.1 Å². The summed E-state index contributed by atoms with van der Waals surface area (Å²) in [4.78, 5) is 8.49. The van der Waals surface area contributed by atoms with E-state index in [-0.39, 0.29) is 6.61 Å². The average molecular weight is 477 g/mol. The Balaban J connectivity index is 0.00000199. The second kappa shape index (κ2) is 13.0. The largest absolute Gasteiger partial charge is 0.494 e. The SMILES string of the molecule is C=CN=C(C=C)COc1ccc(Nc2c(C#N)cnc3cc(OCC)c(C)cc23)cc1Cl.CC. The van der Waals surface area contributed by atoms with Crippen LogP contribution in [0.1, 0.15) is 31.9 Å². The van der Waals surface area contributed by atoms with Crippen LogP contribution < -0.4 is 14.8 Å². The fourth-order valence-corrected chi connectivity index (χ4v) is 3.35. The van der Waals surface area contributed by atoms with E-state index in [4.69, 9.17) is 21.1 Å². The van der Waals surface area contributed by atoms with Gasteiger partial charge in [-0.25, -0.2) is 0 Å². The zero-order valence-corrected chi connectivity index (χ0v) is 20.7. The van der Waals surface area contributed by atoms with Gasteiger partial charge in [0.2, 0.25) is 0 Å². The summed E-state index contributed by atoms with van der Waals surface area (Å²) in [5, 5.41) is 14.2. The van der Waals surface area contributed by atoms with Gasteiger partial charge in [0.05, 0.1) is 34.1 Å². The highest BCUT2D eigenvalue weighted by molar-refractivity contribution is 6.32. The summed E-state index contributed by atoms with van der Waals surface area (Å²) in [5.74, 6) is 1.28. The molecule has 0 radical (unpaired) electrons. The van der Waals surface area contributed by atoms with Crippen molar-refractivity contribution >= 4 is 39.6 Å². The molecule has 0 aliphatic rings. The molecule has 1 N–H and O–H groups in total. The smallest absolute Gasteiger partial charge is 0.138 e. The van der Waals surface area contributed by atoms with E-state index in [1.54, 1.807) is 24.4 Å². The molecular weight excluding hydrogens is 448 g/mol. The zero-order valence-electron chi connectivity index (χ0n) is 20.0. The molecule has 3 rings (SSSR count). The van der Waals surface area contributed by atoms with Crippen molar-refractivity contribution in [1.29, 1.82) is 5.26 Å². The van der Waals surface area contributed by atoms with Crippen molar-refractivity contribution in [3.8, 4) is 17.6 Å². The Morgan fingerprint density at radius 2 is 1.97 bits per heavy atom. The molecule has 6 nitrogen and oxygen atoms in total. The summed E-state index contributed by atoms with van der Waals surface area (Å²) in [7, 11) is 0. The van der Waals surface area contributed by atoms with Gasteiger partial charge < -0.3 is 14.8 Å². The molecule has 176 valence electrons. The lowest BCUT2D eigenvalue weighted by Crippen LogP contribution is -2.08. The molecule has 34 heavy (non-hydrogen) atoms. The summed E-state index contributed by atoms with van der Waals surface area (Å²) < 4.78 is 11.4. The van der Waals surface area contributed by atoms with Gasteiger partial charge in [0.15, 0.2) is 0 Å². The van der Waals surface area contributed by atoms with Gasteiger partial charge >= 0.3 is 0 Å². The van der Waals surface area contributed by atoms with E-state index in [1.165, 1.54) is 6.20 Å². The number of nitrogens with one attached hydrogen (secondary N) is 1. The first-order chi connectivity index (χ1) is 16.5. The number of rotatable bonds is 9. The second-order valence-corrected chi connectivity index (χ2v) is 7.20. The highest BCUT2D eigenvalue weighted by atomic mass is 35.5. The number of nitrogens with zero attached hydrogens (tertiary/aromatic N) is 3. The lowest BCUT2D eigenvalue weighted by molar-refractivity contribution is 0.338. The molecule has 1 aromatic heterocycles. The Labute approximate surface area is 206 Å². The van der Waals surface area contributed by atoms with Gasteiger partial charge in [-0.15, -0.1) is 0 Å². The third kappa shape index (κ3) is 6.37. The maximum atomic E-state index is 9.62. The van der Waals surface area contributed by atoms with Crippen LogP contribution in [-0.2, 0) is 0 Å². The third-order valence-corrected chi connectivity index (χ3v) is 4.95. The number of aliphatic imine (C=N–C) groups is 1. The van der Waals surface area contributed by atoms with Crippen molar-refractivity contribution in [2.24, 2.45) is 4.99 Å². The summed E-state index contributed by atoms with van der Waals surface area (Å²) in [6.45, 7) is 15.9. The first-order valence-electron chi connectivity index (χ1n) is 11.0. The molecule has 0 unspecified atom stereocenters. The number of hydrogen-bond donors (Lipinski definition) is 1. The normalized spacial score (nSPS) is 10.5. The molecule has 0 atom stereocenters. The molecule has 0 saturated heterocycles. The number of pyridine rings is 1. The van der Waals surface area contributed by atoms with Crippen molar-refractivity contribution in [2.45, 2.75) is 27.7 Å². The van der Waals surface area contributed by atoms with Gasteiger partial charge in [0, 0.05) is 29.5 Å². The third-order valence-electron chi connectivity index (χ3n) is 4.65. The van der Waals surface area contributed by atoms with Crippen molar-refractivity contribution in [3.63, 3.8) is 0 Å². The second-order valence-electron chi connectivity index (χ2n) is 6.79. The molecule has 0 amide bonds. The fraction of sp³-hybridized carbons (Fsp3) is 0.222. The number of anilines is 2. The van der Waals surface area contributed by atoms with E-state index in [1.807, 2.05) is 45.9 Å². The lowest BCUT2D eigenvalue weighted by Gasteiger charge is -2.15. The number of nitriles is 1. The number of aryl methyl sites for hydroxylation is 1. The van der Waals surface area contributed by atoms with Gasteiger partial charge in [-0.3, -0.25) is 9.98 Å². The minimum atomic E-state index is 0.219. The van der Waals surface area contributed by atoms with Crippen LogP contribution in [0.4, 0.5) is 11.4 Å². The van der Waals surface area contributed by atoms with Crippen LogP contribution in [0, 0.1) is 18.3 Å². The molecule has 0 aliphatic heterocycles. The molecule has 0 aliphatic carbocycles. The number of halogens is 1. The maximum Gasteiger partial charge on any atom is 0.138 e. The van der Waals surface area contributed by atoms with Gasteiger partial charge in [0.25, 0.3) is 0 Å². The molecule has 7 heteroatoms. The average Bonchev–Trinajstić information content (AvgIpc) is 2.85. The lowest BCUT2D eigenvalue weighted by atomic mass is 10.1. The predicted molar refractivity (Wildman–Crippen MR) is 142 cm³/mol. The minimum Gasteiger partial charge on any atom is -0.494 e. The quantitative estimate of drug-likeness (QED) is 0.326. The summed E-state index contributed by atoms with van der Waals surface area (Å²) in [5.41, 5.74) is 4.11. The molecule has 3 aromatic rings. The van der Waals surface area contributed by atoms with E-state index in [9.17, 15) is 5.26 Å². The van der Waals surface area contributed by atoms with Crippen LogP contribution in [0.15, 0.2) is 67.0 Å². The Kier molecular flexibility index (Phi) is 10.1. The van der Waals surface area contributed by atoms with Crippen LogP contribution in [0.3, 0.4) is 0 Å². The summed E-state index contributed by atoms with van der Waals surface area (Å²) in [6.07, 6.45) is 4.58. The molecule has 0 fully saturated rings. The number of benzene rings is 2. The Hall–Kier alpha value is -3.82. The van der Waals surface area contributed by atoms with E-state index in [0.717, 1.165) is 22.2 Å². The van der Waals surface area contributed by atoms with Crippen LogP contribution in [-0.4, -0.2) is 23.9 Å². The highest BCUT2D eigenvalue weighted by Crippen LogP contribution is 2.35. The summed E-state index contributed by atoms with van der Waals surface area (Å²) in [6, 6.07) is 11.4. The molecule has 0 bridgehead atoms. The van der Waals surface area contributed by atoms with Gasteiger partial charge in [-0.05, 0) is 49.8 Å². The monoisotopic (exact) mass is 476 g/mol. The molecular formula is C27H29ClN4O2. The van der Waals surface area contributed by atoms with Crippen molar-refractivity contribution in [2.75, 3.05) is 18.5 Å². The minimum absolute atomic E-state index is 0.219. The van der Waals surface area contributed by atoms with E-state index in [2.05, 4.69) is 34.5 Å². The van der Waals surface area contributed by atoms with Gasteiger partial charge in [0.1, 0.15) is 24.2 Å². The number of hydrogen-bond acceptors (Lipinski definition) is 6. The Bertz CT molecular complexity index is 1250. The van der Waals surface area contributed by atoms with Crippen LogP contribution >= 0.6 is 11.6 Å². The first-order valence-corrected chi connectivity index (χ1v) is 11.3. The zero-order chi connectivity index (χ0) is 25.1. The topological polar surface area (TPSA) is 79.5 Å². The molecule has 2 aromatic carbocycles. The van der Waals surface area contributed by atoms with Crippen molar-refractivity contribution < 1.29 is 9.47 Å². The molecule has 0 saturated carbocycles. The van der Waals surface area contributed by atoms with E-state index < -0.39 is 0 Å². The highest BCUT2D eigenvalue weighted by Gasteiger charge is 2.13. The Morgan fingerprint density at radius 1 is 1.21 bits per heavy atom. The number of ether oxygens (including phenoxy) is 2. The van der Waals surface area contributed by atoms with E-state index >= 15 is 0 Å². The van der Waals surface area contributed by atoms with Crippen LogP contribution in [0.25, 0.3) is 10.9 Å². The maximum absolute atomic E-state index is 9.62. The van der Waals surface area contributed by atoms with Crippen LogP contribution in [0.2, 0.25) is 5.02 Å². The van der Waals surface area contributed by atoms with Crippen LogP contribution in [0.5, 0.6) is 11.5 Å². The molecule has 1 heterocycles. The Morgan fingerprint density at radius 3 is 2.59 bits per heavy atom. The van der Waals surface area contributed by atoms with Gasteiger partial charge in [-0.1, -0.05) is 38.6 Å². The molecule has 0 spiro atoms. The van der Waals surface area contributed by atoms with Crippen molar-refractivity contribution in [1.82, 2.24) is 4.98 Å². The summed E-state index contributed by atoms with van der Waals surface area (Å²) >= 11 is 6.43. The number of aromatic nitrogens is 1. The fourth-order valence-electron chi connectivity index (χ4n) is 3.12. The standard InChI is InChI=1S/C25H23ClN4O2.C2H6/c1-5-18(28-6-2)15-32-23-9-8-19(11-21(23)26)30-25-17(13-27)14-29-22-12-24(31-7-3)16(4)10-20(22)25;1-2/h5-6,8-12,14H,1-2,7,15H2,3-4H3,(H,29,30);1-2H3.